The maximum atomic E-state index is 11.2. The van der Waals surface area contributed by atoms with Crippen LogP contribution in [0.2, 0.25) is 0 Å². The second-order valence-corrected chi connectivity index (χ2v) is 4.26. The van der Waals surface area contributed by atoms with Gasteiger partial charge in [-0.05, 0) is 27.2 Å². The molecule has 13 heavy (non-hydrogen) atoms. The van der Waals surface area contributed by atoms with Crippen LogP contribution in [0.1, 0.15) is 53.4 Å². The fourth-order valence-electron chi connectivity index (χ4n) is 1.02. The lowest BCUT2D eigenvalue weighted by atomic mass is 10.1. The Balaban J connectivity index is 0. The van der Waals surface area contributed by atoms with Crippen molar-refractivity contribution in [3.8, 4) is 0 Å². The van der Waals surface area contributed by atoms with Crippen molar-refractivity contribution in [2.45, 2.75) is 58.9 Å². The number of hydrogen-bond acceptors (Lipinski definition) is 2. The zero-order valence-corrected chi connectivity index (χ0v) is 9.44. The molecule has 0 radical (unpaired) electrons. The van der Waals surface area contributed by atoms with Crippen molar-refractivity contribution in [3.63, 3.8) is 0 Å². The Bertz CT molecular complexity index is 138. The van der Waals surface area contributed by atoms with Crippen molar-refractivity contribution in [3.05, 3.63) is 0 Å². The predicted molar refractivity (Wildman–Crippen MR) is 57.1 cm³/mol. The molecule has 3 nitrogen and oxygen atoms in total. The molecule has 1 amide bonds. The molecule has 0 rings (SSSR count). The molecule has 0 aromatic carbocycles. The van der Waals surface area contributed by atoms with Gasteiger partial charge in [-0.25, -0.2) is 0 Å². The van der Waals surface area contributed by atoms with Gasteiger partial charge < -0.3 is 11.5 Å². The highest BCUT2D eigenvalue weighted by molar-refractivity contribution is 5.76. The van der Waals surface area contributed by atoms with E-state index >= 15 is 0 Å². The van der Waals surface area contributed by atoms with E-state index in [1.165, 1.54) is 6.42 Å². The molecular formula is C10H24N2O. The molecule has 0 unspecified atom stereocenters. The maximum Gasteiger partial charge on any atom is 0.220 e. The first-order valence-corrected chi connectivity index (χ1v) is 4.76. The van der Waals surface area contributed by atoms with Gasteiger partial charge in [0.1, 0.15) is 0 Å². The van der Waals surface area contributed by atoms with Crippen molar-refractivity contribution >= 4 is 5.91 Å². The van der Waals surface area contributed by atoms with E-state index in [9.17, 15) is 4.79 Å². The molecule has 0 aliphatic carbocycles. The Morgan fingerprint density at radius 2 is 1.77 bits per heavy atom. The van der Waals surface area contributed by atoms with Crippen LogP contribution in [0.15, 0.2) is 0 Å². The molecule has 0 atom stereocenters. The zero-order chi connectivity index (χ0) is 9.61. The van der Waals surface area contributed by atoms with Gasteiger partial charge in [-0.2, -0.15) is 0 Å². The number of carbonyl (C=O) groups is 1. The fourth-order valence-corrected chi connectivity index (χ4v) is 1.02. The summed E-state index contributed by atoms with van der Waals surface area (Å²) in [6.07, 6.45) is 4.00. The first-order valence-electron chi connectivity index (χ1n) is 4.76. The zero-order valence-electron chi connectivity index (χ0n) is 9.44. The van der Waals surface area contributed by atoms with Gasteiger partial charge in [0.05, 0.1) is 0 Å². The van der Waals surface area contributed by atoms with Gasteiger partial charge in [-0.15, -0.1) is 0 Å². The Hall–Kier alpha value is -0.570. The average Bonchev–Trinajstić information content (AvgIpc) is 1.84. The summed E-state index contributed by atoms with van der Waals surface area (Å²) in [5, 5.41) is 2.94. The van der Waals surface area contributed by atoms with Crippen LogP contribution in [0.3, 0.4) is 0 Å². The Kier molecular flexibility index (Phi) is 7.92. The molecule has 0 saturated heterocycles. The van der Waals surface area contributed by atoms with Crippen LogP contribution in [0.25, 0.3) is 0 Å². The summed E-state index contributed by atoms with van der Waals surface area (Å²) in [5.74, 6) is 0.177. The minimum Gasteiger partial charge on any atom is -0.352 e. The topological polar surface area (TPSA) is 64.1 Å². The predicted octanol–water partition coefficient (Wildman–Crippen LogP) is 2.64. The molecule has 0 saturated carbocycles. The van der Waals surface area contributed by atoms with E-state index in [2.05, 4.69) is 12.2 Å². The lowest BCUT2D eigenvalue weighted by molar-refractivity contribution is -0.122. The van der Waals surface area contributed by atoms with Gasteiger partial charge in [0, 0.05) is 12.0 Å². The molecule has 0 spiro atoms. The lowest BCUT2D eigenvalue weighted by Gasteiger charge is -2.20. The molecule has 80 valence electrons. The van der Waals surface area contributed by atoms with Gasteiger partial charge in [0.25, 0.3) is 0 Å². The third-order valence-electron chi connectivity index (χ3n) is 1.52. The molecule has 0 aromatic heterocycles. The van der Waals surface area contributed by atoms with E-state index in [-0.39, 0.29) is 17.6 Å². The lowest BCUT2D eigenvalue weighted by Crippen LogP contribution is -2.40. The second kappa shape index (κ2) is 6.89. The van der Waals surface area contributed by atoms with Gasteiger partial charge in [0.2, 0.25) is 5.91 Å². The largest absolute Gasteiger partial charge is 0.352 e. The highest BCUT2D eigenvalue weighted by Gasteiger charge is 2.12. The van der Waals surface area contributed by atoms with Crippen molar-refractivity contribution in [2.75, 3.05) is 0 Å². The number of unbranched alkanes of at least 4 members (excludes halogenated alkanes) is 2. The van der Waals surface area contributed by atoms with Crippen molar-refractivity contribution in [2.24, 2.45) is 0 Å². The Morgan fingerprint density at radius 1 is 1.23 bits per heavy atom. The smallest absolute Gasteiger partial charge is 0.220 e. The van der Waals surface area contributed by atoms with Crippen LogP contribution in [0.4, 0.5) is 0 Å². The first kappa shape index (κ1) is 14.9. The highest BCUT2D eigenvalue weighted by Crippen LogP contribution is 2.02. The van der Waals surface area contributed by atoms with E-state index in [0.29, 0.717) is 6.42 Å². The van der Waals surface area contributed by atoms with Crippen LogP contribution in [0.5, 0.6) is 0 Å². The minimum atomic E-state index is -0.0801. The van der Waals surface area contributed by atoms with Gasteiger partial charge in [-0.3, -0.25) is 4.79 Å². The van der Waals surface area contributed by atoms with E-state index in [1.807, 2.05) is 20.8 Å². The number of nitrogens with one attached hydrogen (secondary N) is 1. The monoisotopic (exact) mass is 188 g/mol. The van der Waals surface area contributed by atoms with Crippen LogP contribution in [-0.2, 0) is 4.79 Å². The summed E-state index contributed by atoms with van der Waals surface area (Å²) in [7, 11) is 0. The summed E-state index contributed by atoms with van der Waals surface area (Å²) < 4.78 is 0. The SMILES string of the molecule is CCCCCC(=O)NC(C)(C)C.N. The van der Waals surface area contributed by atoms with E-state index < -0.39 is 0 Å². The molecule has 4 N–H and O–H groups in total. The number of hydrogen-bond donors (Lipinski definition) is 2. The van der Waals surface area contributed by atoms with Crippen LogP contribution in [-0.4, -0.2) is 11.4 Å². The third kappa shape index (κ3) is 11.4. The summed E-state index contributed by atoms with van der Waals surface area (Å²) in [6, 6.07) is 0. The highest BCUT2D eigenvalue weighted by atomic mass is 16.1. The summed E-state index contributed by atoms with van der Waals surface area (Å²) >= 11 is 0. The molecule has 0 fully saturated rings. The summed E-state index contributed by atoms with van der Waals surface area (Å²) in [5.41, 5.74) is -0.0801. The third-order valence-corrected chi connectivity index (χ3v) is 1.52. The molecule has 0 aliphatic rings. The van der Waals surface area contributed by atoms with Crippen molar-refractivity contribution in [1.82, 2.24) is 11.5 Å². The Morgan fingerprint density at radius 3 is 2.15 bits per heavy atom. The fraction of sp³-hybridized carbons (Fsp3) is 0.900. The Labute approximate surface area is 81.9 Å². The average molecular weight is 188 g/mol. The molecule has 3 heteroatoms. The van der Waals surface area contributed by atoms with Crippen LogP contribution >= 0.6 is 0 Å². The molecule has 0 heterocycles. The standard InChI is InChI=1S/C10H21NO.H3N/c1-5-6-7-8-9(12)11-10(2,3)4;/h5-8H2,1-4H3,(H,11,12);1H3. The summed E-state index contributed by atoms with van der Waals surface area (Å²) in [4.78, 5) is 11.2. The maximum absolute atomic E-state index is 11.2. The number of amides is 1. The van der Waals surface area contributed by atoms with Crippen LogP contribution < -0.4 is 11.5 Å². The quantitative estimate of drug-likeness (QED) is 0.666. The molecule has 0 aromatic rings. The van der Waals surface area contributed by atoms with Crippen molar-refractivity contribution in [1.29, 1.82) is 0 Å². The number of rotatable bonds is 4. The van der Waals surface area contributed by atoms with Gasteiger partial charge in [0.15, 0.2) is 0 Å². The van der Waals surface area contributed by atoms with E-state index in [1.54, 1.807) is 0 Å². The van der Waals surface area contributed by atoms with E-state index in [0.717, 1.165) is 12.8 Å². The summed E-state index contributed by atoms with van der Waals surface area (Å²) in [6.45, 7) is 8.15. The molecule has 0 bridgehead atoms. The van der Waals surface area contributed by atoms with Gasteiger partial charge >= 0.3 is 0 Å². The molecular weight excluding hydrogens is 164 g/mol. The molecule has 0 aliphatic heterocycles. The normalized spacial score (nSPS) is 10.5. The van der Waals surface area contributed by atoms with E-state index in [4.69, 9.17) is 0 Å². The minimum absolute atomic E-state index is 0. The van der Waals surface area contributed by atoms with Crippen molar-refractivity contribution < 1.29 is 4.79 Å². The van der Waals surface area contributed by atoms with Gasteiger partial charge in [-0.1, -0.05) is 19.8 Å². The number of carbonyl (C=O) groups excluding carboxylic acids is 1. The van der Waals surface area contributed by atoms with Crippen LogP contribution in [0, 0.1) is 0 Å². The second-order valence-electron chi connectivity index (χ2n) is 4.26. The first-order chi connectivity index (χ1) is 5.45.